The Morgan fingerprint density at radius 2 is 1.88 bits per heavy atom. The van der Waals surface area contributed by atoms with Gasteiger partial charge in [-0.3, -0.25) is 0 Å². The molecule has 2 aromatic carbocycles. The number of hydrogen-bond donors (Lipinski definition) is 1. The molecule has 0 saturated carbocycles. The van der Waals surface area contributed by atoms with Gasteiger partial charge in [0.05, 0.1) is 5.56 Å². The Bertz CT molecular complexity index is 1080. The molecule has 3 rings (SSSR count). The fourth-order valence-electron chi connectivity index (χ4n) is 2.46. The van der Waals surface area contributed by atoms with Crippen LogP contribution in [0.2, 0.25) is 5.02 Å². The first-order chi connectivity index (χ1) is 11.7. The van der Waals surface area contributed by atoms with Crippen molar-refractivity contribution in [1.82, 2.24) is 5.16 Å². The predicted octanol–water partition coefficient (Wildman–Crippen LogP) is 3.90. The predicted molar refractivity (Wildman–Crippen MR) is 88.4 cm³/mol. The van der Waals surface area contributed by atoms with Gasteiger partial charge >= 0.3 is 0 Å². The molecule has 9 heteroatoms. The number of primary sulfonamides is 1. The zero-order valence-corrected chi connectivity index (χ0v) is 14.3. The van der Waals surface area contributed by atoms with E-state index in [0.717, 1.165) is 6.07 Å². The van der Waals surface area contributed by atoms with Crippen molar-refractivity contribution in [2.24, 2.45) is 5.14 Å². The number of nitrogens with two attached hydrogens (primary N) is 1. The van der Waals surface area contributed by atoms with E-state index in [4.69, 9.17) is 21.3 Å². The van der Waals surface area contributed by atoms with E-state index in [1.54, 1.807) is 24.3 Å². The molecule has 0 amide bonds. The van der Waals surface area contributed by atoms with Crippen LogP contribution in [-0.2, 0) is 10.0 Å². The van der Waals surface area contributed by atoms with Crippen LogP contribution in [0, 0.1) is 18.6 Å². The molecular formula is C16H11ClF2N2O3S. The summed E-state index contributed by atoms with van der Waals surface area (Å²) in [7, 11) is -4.39. The third-order valence-corrected chi connectivity index (χ3v) is 4.72. The summed E-state index contributed by atoms with van der Waals surface area (Å²) in [6, 6.07) is 7.89. The third kappa shape index (κ3) is 3.28. The van der Waals surface area contributed by atoms with E-state index < -0.39 is 26.6 Å². The van der Waals surface area contributed by atoms with Gasteiger partial charge in [0.25, 0.3) is 0 Å². The van der Waals surface area contributed by atoms with Gasteiger partial charge in [0.2, 0.25) is 10.0 Å². The van der Waals surface area contributed by atoms with E-state index in [-0.39, 0.29) is 22.6 Å². The Balaban J connectivity index is 2.25. The van der Waals surface area contributed by atoms with E-state index in [0.29, 0.717) is 16.7 Å². The molecule has 0 spiro atoms. The van der Waals surface area contributed by atoms with Crippen molar-refractivity contribution in [2.45, 2.75) is 11.8 Å². The summed E-state index contributed by atoms with van der Waals surface area (Å²) < 4.78 is 56.4. The first-order valence-electron chi connectivity index (χ1n) is 6.93. The second-order valence-corrected chi connectivity index (χ2v) is 7.25. The van der Waals surface area contributed by atoms with Crippen molar-refractivity contribution in [3.05, 3.63) is 58.8 Å². The number of hydrogen-bond acceptors (Lipinski definition) is 4. The zero-order chi connectivity index (χ0) is 18.4. The Labute approximate surface area is 147 Å². The van der Waals surface area contributed by atoms with E-state index in [2.05, 4.69) is 5.16 Å². The fraction of sp³-hybridized carbons (Fsp3) is 0.0625. The van der Waals surface area contributed by atoms with Crippen molar-refractivity contribution >= 4 is 21.6 Å². The number of halogens is 3. The molecule has 1 heterocycles. The highest BCUT2D eigenvalue weighted by Crippen LogP contribution is 2.37. The minimum Gasteiger partial charge on any atom is -0.360 e. The topological polar surface area (TPSA) is 86.2 Å². The average molecular weight is 385 g/mol. The Morgan fingerprint density at radius 1 is 1.16 bits per heavy atom. The summed E-state index contributed by atoms with van der Waals surface area (Å²) in [4.78, 5) is -0.924. The maximum Gasteiger partial charge on any atom is 0.241 e. The second-order valence-electron chi connectivity index (χ2n) is 5.28. The third-order valence-electron chi connectivity index (χ3n) is 3.56. The van der Waals surface area contributed by atoms with Crippen LogP contribution >= 0.6 is 11.6 Å². The monoisotopic (exact) mass is 384 g/mol. The summed E-state index contributed by atoms with van der Waals surface area (Å²) in [5, 5.41) is 9.19. The maximum absolute atomic E-state index is 14.5. The molecule has 25 heavy (non-hydrogen) atoms. The molecule has 0 radical (unpaired) electrons. The van der Waals surface area contributed by atoms with Crippen LogP contribution in [0.5, 0.6) is 0 Å². The van der Waals surface area contributed by atoms with Crippen LogP contribution in [0.4, 0.5) is 8.78 Å². The van der Waals surface area contributed by atoms with Gasteiger partial charge in [-0.25, -0.2) is 22.3 Å². The van der Waals surface area contributed by atoms with E-state index in [9.17, 15) is 17.2 Å². The lowest BCUT2D eigenvalue weighted by Crippen LogP contribution is -2.14. The molecule has 0 aliphatic heterocycles. The largest absolute Gasteiger partial charge is 0.360 e. The van der Waals surface area contributed by atoms with Crippen LogP contribution in [0.25, 0.3) is 22.4 Å². The molecule has 0 saturated heterocycles. The van der Waals surface area contributed by atoms with Gasteiger partial charge in [-0.1, -0.05) is 28.9 Å². The number of aryl methyl sites for hydroxylation is 1. The van der Waals surface area contributed by atoms with Gasteiger partial charge in [0, 0.05) is 16.1 Å². The van der Waals surface area contributed by atoms with Crippen molar-refractivity contribution in [1.29, 1.82) is 0 Å². The lowest BCUT2D eigenvalue weighted by atomic mass is 9.99. The molecule has 2 N–H and O–H groups in total. The van der Waals surface area contributed by atoms with Crippen molar-refractivity contribution in [3.8, 4) is 22.4 Å². The van der Waals surface area contributed by atoms with E-state index >= 15 is 0 Å². The fourth-order valence-corrected chi connectivity index (χ4v) is 3.25. The molecular weight excluding hydrogens is 374 g/mol. The molecule has 0 aliphatic carbocycles. The highest BCUT2D eigenvalue weighted by Gasteiger charge is 2.24. The molecule has 1 aromatic heterocycles. The molecule has 130 valence electrons. The van der Waals surface area contributed by atoms with Crippen molar-refractivity contribution < 1.29 is 21.7 Å². The van der Waals surface area contributed by atoms with Crippen LogP contribution in [0.1, 0.15) is 5.76 Å². The highest BCUT2D eigenvalue weighted by atomic mass is 35.5. The number of nitrogens with zero attached hydrogens (tertiary/aromatic N) is 1. The first-order valence-corrected chi connectivity index (χ1v) is 8.85. The molecule has 5 nitrogen and oxygen atoms in total. The molecule has 0 aliphatic rings. The summed E-state index contributed by atoms with van der Waals surface area (Å²) in [5.74, 6) is -1.91. The Morgan fingerprint density at radius 3 is 2.52 bits per heavy atom. The highest BCUT2D eigenvalue weighted by molar-refractivity contribution is 7.89. The van der Waals surface area contributed by atoms with E-state index in [1.165, 1.54) is 6.92 Å². The lowest BCUT2D eigenvalue weighted by Gasteiger charge is -2.08. The van der Waals surface area contributed by atoms with Gasteiger partial charge in [-0.2, -0.15) is 0 Å². The number of benzene rings is 2. The second kappa shape index (κ2) is 6.21. The van der Waals surface area contributed by atoms with Gasteiger partial charge in [0.15, 0.2) is 0 Å². The molecule has 3 aromatic rings. The number of aromatic nitrogens is 1. The standard InChI is InChI=1S/C16H11ClF2N2O3S/c1-8-15(16(21-24-8)9-3-2-4-10(17)5-9)11-6-13(19)14(7-12(11)18)25(20,22)23/h2-7H,1H3,(H2,20,22,23). The minimum absolute atomic E-state index is 0.194. The SMILES string of the molecule is Cc1onc(-c2cccc(Cl)c2)c1-c1cc(F)c(S(N)(=O)=O)cc1F. The van der Waals surface area contributed by atoms with Crippen LogP contribution in [0.15, 0.2) is 45.8 Å². The first kappa shape index (κ1) is 17.5. The van der Waals surface area contributed by atoms with Gasteiger partial charge in [0.1, 0.15) is 28.0 Å². The normalized spacial score (nSPS) is 11.7. The number of rotatable bonds is 3. The van der Waals surface area contributed by atoms with Crippen molar-refractivity contribution in [2.75, 3.05) is 0 Å². The molecule has 0 bridgehead atoms. The molecule has 0 fully saturated rings. The Kier molecular flexibility index (Phi) is 4.36. The summed E-state index contributed by atoms with van der Waals surface area (Å²) in [5.41, 5.74) is 0.787. The summed E-state index contributed by atoms with van der Waals surface area (Å²) in [6.45, 7) is 1.53. The Hall–Kier alpha value is -2.29. The van der Waals surface area contributed by atoms with Gasteiger partial charge < -0.3 is 4.52 Å². The average Bonchev–Trinajstić information content (AvgIpc) is 2.90. The van der Waals surface area contributed by atoms with Gasteiger partial charge in [-0.05, 0) is 31.2 Å². The lowest BCUT2D eigenvalue weighted by molar-refractivity contribution is 0.400. The quantitative estimate of drug-likeness (QED) is 0.742. The molecule has 0 unspecified atom stereocenters. The number of sulfonamides is 1. The van der Waals surface area contributed by atoms with Gasteiger partial charge in [-0.15, -0.1) is 0 Å². The zero-order valence-electron chi connectivity index (χ0n) is 12.8. The van der Waals surface area contributed by atoms with E-state index in [1.807, 2.05) is 0 Å². The smallest absolute Gasteiger partial charge is 0.241 e. The van der Waals surface area contributed by atoms with Crippen LogP contribution in [-0.4, -0.2) is 13.6 Å². The minimum atomic E-state index is -4.39. The van der Waals surface area contributed by atoms with Crippen LogP contribution in [0.3, 0.4) is 0 Å². The van der Waals surface area contributed by atoms with Crippen LogP contribution < -0.4 is 5.14 Å². The maximum atomic E-state index is 14.5. The summed E-state index contributed by atoms with van der Waals surface area (Å²) in [6.07, 6.45) is 0. The summed E-state index contributed by atoms with van der Waals surface area (Å²) >= 11 is 5.95. The van der Waals surface area contributed by atoms with Crippen molar-refractivity contribution in [3.63, 3.8) is 0 Å². The molecule has 0 atom stereocenters.